The predicted molar refractivity (Wildman–Crippen MR) is 113 cm³/mol. The summed E-state index contributed by atoms with van der Waals surface area (Å²) >= 11 is 0. The van der Waals surface area contributed by atoms with Crippen LogP contribution in [0.5, 0.6) is 5.75 Å². The van der Waals surface area contributed by atoms with Gasteiger partial charge in [0.1, 0.15) is 5.75 Å². The zero-order valence-electron chi connectivity index (χ0n) is 16.9. The van der Waals surface area contributed by atoms with Gasteiger partial charge in [-0.2, -0.15) is 0 Å². The molecule has 4 heteroatoms. The quantitative estimate of drug-likeness (QED) is 0.714. The minimum atomic E-state index is 0.274. The van der Waals surface area contributed by atoms with Gasteiger partial charge in [-0.3, -0.25) is 4.79 Å². The van der Waals surface area contributed by atoms with E-state index in [1.54, 1.807) is 7.11 Å². The van der Waals surface area contributed by atoms with E-state index in [2.05, 4.69) is 29.6 Å². The Morgan fingerprint density at radius 2 is 1.75 bits per heavy atom. The Morgan fingerprint density at radius 3 is 2.43 bits per heavy atom. The number of piperidine rings is 1. The number of nitrogens with one attached hydrogen (secondary N) is 1. The van der Waals surface area contributed by atoms with Crippen LogP contribution in [-0.2, 0) is 17.8 Å². The number of ether oxygens (including phenoxy) is 1. The van der Waals surface area contributed by atoms with Crippen LogP contribution in [0.4, 0.5) is 0 Å². The van der Waals surface area contributed by atoms with Crippen molar-refractivity contribution in [1.29, 1.82) is 0 Å². The first kappa shape index (κ1) is 20.4. The standard InChI is InChI=1S/C24H32N2O2/c1-28-23-10-7-20(8-11-23)15-18-26(19-22-5-3-2-4-6-22)24(27)12-9-21-13-16-25-17-14-21/h2-8,10-11,21,25H,9,12-19H2,1H3. The number of amides is 1. The van der Waals surface area contributed by atoms with Crippen molar-refractivity contribution in [3.8, 4) is 5.75 Å². The van der Waals surface area contributed by atoms with E-state index < -0.39 is 0 Å². The summed E-state index contributed by atoms with van der Waals surface area (Å²) in [6.07, 6.45) is 4.90. The van der Waals surface area contributed by atoms with Gasteiger partial charge in [0, 0.05) is 19.5 Å². The summed E-state index contributed by atoms with van der Waals surface area (Å²) in [5.41, 5.74) is 2.41. The van der Waals surface area contributed by atoms with Gasteiger partial charge in [-0.15, -0.1) is 0 Å². The van der Waals surface area contributed by atoms with E-state index >= 15 is 0 Å². The highest BCUT2D eigenvalue weighted by Crippen LogP contribution is 2.19. The Balaban J connectivity index is 1.58. The molecule has 0 radical (unpaired) electrons. The number of benzene rings is 2. The Kier molecular flexibility index (Phi) is 7.92. The largest absolute Gasteiger partial charge is 0.497 e. The molecule has 0 atom stereocenters. The van der Waals surface area contributed by atoms with Crippen molar-refractivity contribution in [2.24, 2.45) is 5.92 Å². The lowest BCUT2D eigenvalue weighted by atomic mass is 9.93. The minimum absolute atomic E-state index is 0.274. The van der Waals surface area contributed by atoms with Crippen molar-refractivity contribution in [2.75, 3.05) is 26.7 Å². The average Bonchev–Trinajstić information content (AvgIpc) is 2.76. The maximum atomic E-state index is 13.0. The van der Waals surface area contributed by atoms with Gasteiger partial charge in [-0.25, -0.2) is 0 Å². The molecule has 1 N–H and O–H groups in total. The van der Waals surface area contributed by atoms with Crippen LogP contribution in [0.2, 0.25) is 0 Å². The second kappa shape index (κ2) is 10.9. The van der Waals surface area contributed by atoms with E-state index in [1.807, 2.05) is 35.2 Å². The van der Waals surface area contributed by atoms with Gasteiger partial charge in [-0.1, -0.05) is 42.5 Å². The molecular formula is C24H32N2O2. The minimum Gasteiger partial charge on any atom is -0.497 e. The number of methoxy groups -OCH3 is 1. The molecule has 0 aromatic heterocycles. The Labute approximate surface area is 168 Å². The third-order valence-electron chi connectivity index (χ3n) is 5.62. The summed E-state index contributed by atoms with van der Waals surface area (Å²) in [5, 5.41) is 3.40. The average molecular weight is 381 g/mol. The highest BCUT2D eigenvalue weighted by Gasteiger charge is 2.18. The van der Waals surface area contributed by atoms with Gasteiger partial charge in [0.25, 0.3) is 0 Å². The van der Waals surface area contributed by atoms with E-state index in [9.17, 15) is 4.79 Å². The van der Waals surface area contributed by atoms with Gasteiger partial charge in [0.05, 0.1) is 7.11 Å². The first-order chi connectivity index (χ1) is 13.7. The number of carbonyl (C=O) groups is 1. The summed E-state index contributed by atoms with van der Waals surface area (Å²) in [4.78, 5) is 15.0. The molecule has 0 saturated carbocycles. The number of hydrogen-bond acceptors (Lipinski definition) is 3. The van der Waals surface area contributed by atoms with Gasteiger partial charge >= 0.3 is 0 Å². The summed E-state index contributed by atoms with van der Waals surface area (Å²) in [6.45, 7) is 3.60. The lowest BCUT2D eigenvalue weighted by Crippen LogP contribution is -2.33. The Morgan fingerprint density at radius 1 is 1.04 bits per heavy atom. The van der Waals surface area contributed by atoms with Crippen molar-refractivity contribution >= 4 is 5.91 Å². The van der Waals surface area contributed by atoms with E-state index in [-0.39, 0.29) is 5.91 Å². The fourth-order valence-corrected chi connectivity index (χ4v) is 3.81. The monoisotopic (exact) mass is 380 g/mol. The fraction of sp³-hybridized carbons (Fsp3) is 0.458. The molecule has 28 heavy (non-hydrogen) atoms. The van der Waals surface area contributed by atoms with Crippen LogP contribution < -0.4 is 10.1 Å². The van der Waals surface area contributed by atoms with E-state index in [4.69, 9.17) is 4.74 Å². The summed E-state index contributed by atoms with van der Waals surface area (Å²) in [5.74, 6) is 1.82. The second-order valence-corrected chi connectivity index (χ2v) is 7.63. The molecule has 4 nitrogen and oxygen atoms in total. The first-order valence-corrected chi connectivity index (χ1v) is 10.4. The lowest BCUT2D eigenvalue weighted by molar-refractivity contribution is -0.132. The molecule has 0 spiro atoms. The maximum absolute atomic E-state index is 13.0. The molecule has 2 aromatic rings. The molecule has 150 valence electrons. The molecule has 1 aliphatic rings. The SMILES string of the molecule is COc1ccc(CCN(Cc2ccccc2)C(=O)CCC2CCNCC2)cc1. The van der Waals surface area contributed by atoms with Crippen molar-refractivity contribution in [3.05, 3.63) is 65.7 Å². The van der Waals surface area contributed by atoms with E-state index in [0.29, 0.717) is 18.9 Å². The molecule has 2 aromatic carbocycles. The predicted octanol–water partition coefficient (Wildman–Crippen LogP) is 4.05. The van der Waals surface area contributed by atoms with E-state index in [0.717, 1.165) is 38.2 Å². The van der Waals surface area contributed by atoms with Crippen molar-refractivity contribution in [1.82, 2.24) is 10.2 Å². The van der Waals surface area contributed by atoms with Crippen LogP contribution >= 0.6 is 0 Å². The third-order valence-corrected chi connectivity index (χ3v) is 5.62. The lowest BCUT2D eigenvalue weighted by Gasteiger charge is -2.26. The van der Waals surface area contributed by atoms with Crippen LogP contribution in [0.3, 0.4) is 0 Å². The van der Waals surface area contributed by atoms with Crippen LogP contribution in [0.1, 0.15) is 36.8 Å². The van der Waals surface area contributed by atoms with Crippen LogP contribution in [0, 0.1) is 5.92 Å². The Bertz CT molecular complexity index is 709. The highest BCUT2D eigenvalue weighted by atomic mass is 16.5. The molecular weight excluding hydrogens is 348 g/mol. The third kappa shape index (κ3) is 6.38. The van der Waals surface area contributed by atoms with Gasteiger partial charge in [0.15, 0.2) is 0 Å². The molecule has 3 rings (SSSR count). The number of carbonyl (C=O) groups excluding carboxylic acids is 1. The number of rotatable bonds is 9. The van der Waals surface area contributed by atoms with Crippen LogP contribution in [-0.4, -0.2) is 37.6 Å². The summed E-state index contributed by atoms with van der Waals surface area (Å²) < 4.78 is 5.23. The van der Waals surface area contributed by atoms with Crippen molar-refractivity contribution in [2.45, 2.75) is 38.6 Å². The second-order valence-electron chi connectivity index (χ2n) is 7.63. The summed E-state index contributed by atoms with van der Waals surface area (Å²) in [6, 6.07) is 18.4. The summed E-state index contributed by atoms with van der Waals surface area (Å²) in [7, 11) is 1.68. The number of nitrogens with zero attached hydrogens (tertiary/aromatic N) is 1. The van der Waals surface area contributed by atoms with Crippen LogP contribution in [0.15, 0.2) is 54.6 Å². The molecule has 1 saturated heterocycles. The zero-order valence-corrected chi connectivity index (χ0v) is 16.9. The van der Waals surface area contributed by atoms with Gasteiger partial charge in [0.2, 0.25) is 5.91 Å². The van der Waals surface area contributed by atoms with Crippen LogP contribution in [0.25, 0.3) is 0 Å². The molecule has 1 fully saturated rings. The molecule has 0 unspecified atom stereocenters. The Hall–Kier alpha value is -2.33. The highest BCUT2D eigenvalue weighted by molar-refractivity contribution is 5.76. The van der Waals surface area contributed by atoms with Gasteiger partial charge in [-0.05, 0) is 68.0 Å². The van der Waals surface area contributed by atoms with Crippen molar-refractivity contribution in [3.63, 3.8) is 0 Å². The molecule has 1 aliphatic heterocycles. The van der Waals surface area contributed by atoms with Gasteiger partial charge < -0.3 is 15.0 Å². The zero-order chi connectivity index (χ0) is 19.6. The maximum Gasteiger partial charge on any atom is 0.222 e. The topological polar surface area (TPSA) is 41.6 Å². The molecule has 0 aliphatic carbocycles. The first-order valence-electron chi connectivity index (χ1n) is 10.4. The fourth-order valence-electron chi connectivity index (χ4n) is 3.81. The van der Waals surface area contributed by atoms with Crippen molar-refractivity contribution < 1.29 is 9.53 Å². The normalized spacial score (nSPS) is 14.6. The molecule has 1 amide bonds. The number of hydrogen-bond donors (Lipinski definition) is 1. The molecule has 1 heterocycles. The van der Waals surface area contributed by atoms with E-state index in [1.165, 1.54) is 24.0 Å². The molecule has 0 bridgehead atoms. The smallest absolute Gasteiger partial charge is 0.222 e.